The minimum Gasteiger partial charge on any atom is -0.377 e. The molecule has 186 valence electrons. The first kappa shape index (κ1) is 21.9. The van der Waals surface area contributed by atoms with Crippen molar-refractivity contribution in [1.29, 1.82) is 0 Å². The number of amides is 1. The van der Waals surface area contributed by atoms with Gasteiger partial charge >= 0.3 is 0 Å². The molecule has 1 N–H and O–H groups in total. The highest BCUT2D eigenvalue weighted by Gasteiger charge is 2.43. The monoisotopic (exact) mass is 499 g/mol. The Bertz CT molecular complexity index is 1650. The smallest absolute Gasteiger partial charge is 0.259 e. The van der Waals surface area contributed by atoms with E-state index in [-0.39, 0.29) is 17.9 Å². The summed E-state index contributed by atoms with van der Waals surface area (Å²) in [5, 5.41) is 15.8. The number of nitrogens with one attached hydrogen (secondary N) is 1. The minimum absolute atomic E-state index is 0.280. The van der Waals surface area contributed by atoms with Crippen molar-refractivity contribution in [3.05, 3.63) is 72.1 Å². The molecular formula is C26H22FN7O3. The van der Waals surface area contributed by atoms with Crippen LogP contribution in [0.2, 0.25) is 0 Å². The van der Waals surface area contributed by atoms with Gasteiger partial charge in [0, 0.05) is 34.8 Å². The molecule has 1 amide bonds. The number of fused-ring (bicyclic) bond motifs is 1. The van der Waals surface area contributed by atoms with E-state index in [9.17, 15) is 9.18 Å². The second-order valence-electron chi connectivity index (χ2n) is 9.50. The highest BCUT2D eigenvalue weighted by molar-refractivity contribution is 6.09. The molecule has 5 heterocycles. The van der Waals surface area contributed by atoms with Crippen molar-refractivity contribution in [2.24, 2.45) is 0 Å². The van der Waals surface area contributed by atoms with Gasteiger partial charge in [0.1, 0.15) is 6.17 Å². The van der Waals surface area contributed by atoms with Gasteiger partial charge in [-0.25, -0.2) is 8.91 Å². The molecule has 10 nitrogen and oxygen atoms in total. The summed E-state index contributed by atoms with van der Waals surface area (Å²) in [7, 11) is 0. The molecular weight excluding hydrogens is 477 g/mol. The zero-order chi connectivity index (χ0) is 25.1. The van der Waals surface area contributed by atoms with Gasteiger partial charge in [-0.2, -0.15) is 15.2 Å². The molecule has 1 saturated carbocycles. The van der Waals surface area contributed by atoms with E-state index in [1.807, 2.05) is 54.5 Å². The van der Waals surface area contributed by atoms with Crippen LogP contribution in [0.3, 0.4) is 0 Å². The van der Waals surface area contributed by atoms with Crippen molar-refractivity contribution >= 4 is 17.1 Å². The van der Waals surface area contributed by atoms with E-state index in [0.29, 0.717) is 53.7 Å². The first-order valence-electron chi connectivity index (χ1n) is 12.0. The third-order valence-corrected chi connectivity index (χ3v) is 6.91. The molecule has 1 aliphatic carbocycles. The van der Waals surface area contributed by atoms with E-state index >= 15 is 0 Å². The summed E-state index contributed by atoms with van der Waals surface area (Å²) in [6.45, 7) is 3.25. The zero-order valence-corrected chi connectivity index (χ0v) is 19.8. The maximum absolute atomic E-state index is 13.3. The Balaban J connectivity index is 1.12. The average Bonchev–Trinajstić information content (AvgIpc) is 3.29. The highest BCUT2D eigenvalue weighted by Crippen LogP contribution is 2.43. The van der Waals surface area contributed by atoms with Crippen molar-refractivity contribution in [1.82, 2.24) is 29.5 Å². The van der Waals surface area contributed by atoms with Gasteiger partial charge in [-0.3, -0.25) is 9.48 Å². The third-order valence-electron chi connectivity index (χ3n) is 6.91. The van der Waals surface area contributed by atoms with Gasteiger partial charge in [-0.15, -0.1) is 0 Å². The van der Waals surface area contributed by atoms with E-state index in [1.165, 1.54) is 0 Å². The van der Waals surface area contributed by atoms with Gasteiger partial charge in [-0.05, 0) is 31.0 Å². The summed E-state index contributed by atoms with van der Waals surface area (Å²) in [6.07, 6.45) is 6.75. The topological polar surface area (TPSA) is 112 Å². The van der Waals surface area contributed by atoms with Gasteiger partial charge in [0.2, 0.25) is 11.7 Å². The number of alkyl halides is 1. The fourth-order valence-corrected chi connectivity index (χ4v) is 4.40. The molecule has 1 aliphatic heterocycles. The van der Waals surface area contributed by atoms with E-state index in [4.69, 9.17) is 9.26 Å². The van der Waals surface area contributed by atoms with Crippen LogP contribution in [-0.4, -0.2) is 54.8 Å². The SMILES string of the molecule is Cc1ccc(-c2noc([C@H]3C[C@@H]3F)n2)cc1NC(=O)c1cnn2cc(-c3cnn(C4COC4)c3)ccc12. The van der Waals surface area contributed by atoms with Crippen LogP contribution in [0.25, 0.3) is 28.0 Å². The fraction of sp³-hybridized carbons (Fsp3) is 0.269. The molecule has 2 aliphatic rings. The number of hydrogen-bond donors (Lipinski definition) is 1. The maximum Gasteiger partial charge on any atom is 0.259 e. The van der Waals surface area contributed by atoms with Gasteiger partial charge in [0.15, 0.2) is 0 Å². The van der Waals surface area contributed by atoms with Crippen LogP contribution in [0.15, 0.2) is 59.6 Å². The Morgan fingerprint density at radius 2 is 1.92 bits per heavy atom. The molecule has 7 rings (SSSR count). The Hall–Kier alpha value is -4.38. The number of aryl methyl sites for hydroxylation is 1. The van der Waals surface area contributed by atoms with Crippen LogP contribution in [0, 0.1) is 6.92 Å². The van der Waals surface area contributed by atoms with Crippen LogP contribution >= 0.6 is 0 Å². The number of hydrogen-bond acceptors (Lipinski definition) is 7. The van der Waals surface area contributed by atoms with Crippen molar-refractivity contribution < 1.29 is 18.4 Å². The zero-order valence-electron chi connectivity index (χ0n) is 19.8. The molecule has 0 spiro atoms. The molecule has 1 saturated heterocycles. The summed E-state index contributed by atoms with van der Waals surface area (Å²) in [4.78, 5) is 17.5. The molecule has 2 fully saturated rings. The molecule has 11 heteroatoms. The van der Waals surface area contributed by atoms with Crippen LogP contribution in [0.1, 0.15) is 40.2 Å². The number of nitrogens with zero attached hydrogens (tertiary/aromatic N) is 6. The second kappa shape index (κ2) is 8.34. The molecule has 5 aromatic rings. The summed E-state index contributed by atoms with van der Waals surface area (Å²) < 4.78 is 27.4. The first-order valence-corrected chi connectivity index (χ1v) is 12.0. The van der Waals surface area contributed by atoms with E-state index < -0.39 is 6.17 Å². The first-order chi connectivity index (χ1) is 18.0. The number of anilines is 1. The van der Waals surface area contributed by atoms with Crippen molar-refractivity contribution in [2.75, 3.05) is 18.5 Å². The van der Waals surface area contributed by atoms with Crippen molar-refractivity contribution in [2.45, 2.75) is 31.5 Å². The van der Waals surface area contributed by atoms with Gasteiger partial charge < -0.3 is 14.6 Å². The maximum atomic E-state index is 13.3. The third kappa shape index (κ3) is 3.87. The summed E-state index contributed by atoms with van der Waals surface area (Å²) >= 11 is 0. The predicted octanol–water partition coefficient (Wildman–Crippen LogP) is 4.21. The summed E-state index contributed by atoms with van der Waals surface area (Å²) in [5.74, 6) is 0.0773. The van der Waals surface area contributed by atoms with E-state index in [0.717, 1.165) is 16.7 Å². The number of benzene rings is 1. The Morgan fingerprint density at radius 1 is 1.08 bits per heavy atom. The molecule has 0 bridgehead atoms. The number of halogens is 1. The second-order valence-corrected chi connectivity index (χ2v) is 9.50. The lowest BCUT2D eigenvalue weighted by Crippen LogP contribution is -2.30. The number of aromatic nitrogens is 6. The lowest BCUT2D eigenvalue weighted by molar-refractivity contribution is -0.0286. The van der Waals surface area contributed by atoms with Gasteiger partial charge in [0.25, 0.3) is 5.91 Å². The average molecular weight is 500 g/mol. The van der Waals surface area contributed by atoms with Gasteiger partial charge in [0.05, 0.1) is 48.6 Å². The largest absolute Gasteiger partial charge is 0.377 e. The molecule has 2 atom stereocenters. The van der Waals surface area contributed by atoms with E-state index in [1.54, 1.807) is 16.8 Å². The number of rotatable bonds is 6. The summed E-state index contributed by atoms with van der Waals surface area (Å²) in [5.41, 5.74) is 5.21. The molecule has 0 radical (unpaired) electrons. The number of ether oxygens (including phenoxy) is 1. The normalized spacial score (nSPS) is 19.2. The number of carbonyl (C=O) groups is 1. The minimum atomic E-state index is -0.914. The lowest BCUT2D eigenvalue weighted by Gasteiger charge is -2.25. The fourth-order valence-electron chi connectivity index (χ4n) is 4.40. The molecule has 0 unspecified atom stereocenters. The highest BCUT2D eigenvalue weighted by atomic mass is 19.1. The molecule has 1 aromatic carbocycles. The van der Waals surface area contributed by atoms with Gasteiger partial charge in [-0.1, -0.05) is 23.4 Å². The number of pyridine rings is 1. The van der Waals surface area contributed by atoms with Crippen LogP contribution in [0.5, 0.6) is 0 Å². The van der Waals surface area contributed by atoms with E-state index in [2.05, 4.69) is 25.7 Å². The van der Waals surface area contributed by atoms with Crippen LogP contribution in [-0.2, 0) is 4.74 Å². The quantitative estimate of drug-likeness (QED) is 0.373. The van der Waals surface area contributed by atoms with Crippen LogP contribution < -0.4 is 5.32 Å². The summed E-state index contributed by atoms with van der Waals surface area (Å²) in [6, 6.07) is 9.61. The molecule has 4 aromatic heterocycles. The number of carbonyl (C=O) groups excluding carboxylic acids is 1. The standard InChI is InChI=1S/C26H22FN7O3/c1-14-2-3-15(24-31-26(37-32-24)19-7-21(19)27)6-22(14)30-25(35)20-9-29-34-10-16(4-5-23(20)34)17-8-28-33(11-17)18-12-36-13-18/h2-6,8-11,18-19,21H,7,12-13H2,1H3,(H,30,35)/t19-,21-/m0/s1. The molecule has 37 heavy (non-hydrogen) atoms. The Labute approximate surface area is 210 Å². The Morgan fingerprint density at radius 3 is 2.70 bits per heavy atom. The lowest BCUT2D eigenvalue weighted by atomic mass is 10.1. The predicted molar refractivity (Wildman–Crippen MR) is 131 cm³/mol. The Kier molecular flexibility index (Phi) is 4.93. The van der Waals surface area contributed by atoms with Crippen LogP contribution in [0.4, 0.5) is 10.1 Å². The van der Waals surface area contributed by atoms with Crippen molar-refractivity contribution in [3.63, 3.8) is 0 Å². The van der Waals surface area contributed by atoms with Crippen molar-refractivity contribution in [3.8, 4) is 22.5 Å².